The Hall–Kier alpha value is -3.47. The SMILES string of the molecule is CCc1ccc(C(=O)OC)cc1C(C)/C(C)=C\C=C1/C(=O)N(c2ccccc2)N=C1C. The molecule has 0 N–H and O–H groups in total. The summed E-state index contributed by atoms with van der Waals surface area (Å²) < 4.78 is 4.87. The molecular weight excluding hydrogens is 388 g/mol. The molecule has 31 heavy (non-hydrogen) atoms. The molecule has 5 nitrogen and oxygen atoms in total. The number of esters is 1. The zero-order valence-corrected chi connectivity index (χ0v) is 18.7. The molecule has 1 aliphatic heterocycles. The standard InChI is InChI=1S/C26H28N2O3/c1-6-20-13-14-21(26(30)31-5)16-24(20)18(3)17(2)12-15-23-19(4)27-28(25(23)29)22-10-8-7-9-11-22/h7-16,18H,6H2,1-5H3/b17-12-,23-15-. The largest absolute Gasteiger partial charge is 0.465 e. The highest BCUT2D eigenvalue weighted by atomic mass is 16.5. The number of methoxy groups -OCH3 is 1. The Morgan fingerprint density at radius 2 is 1.90 bits per heavy atom. The number of para-hydroxylation sites is 1. The van der Waals surface area contributed by atoms with E-state index in [-0.39, 0.29) is 17.8 Å². The quantitative estimate of drug-likeness (QED) is 0.466. The summed E-state index contributed by atoms with van der Waals surface area (Å²) in [7, 11) is 1.39. The average Bonchev–Trinajstić information content (AvgIpc) is 3.09. The van der Waals surface area contributed by atoms with Gasteiger partial charge in [0.05, 0.1) is 29.6 Å². The van der Waals surface area contributed by atoms with Crippen LogP contribution < -0.4 is 5.01 Å². The Morgan fingerprint density at radius 1 is 1.19 bits per heavy atom. The van der Waals surface area contributed by atoms with E-state index in [0.717, 1.165) is 23.2 Å². The monoisotopic (exact) mass is 416 g/mol. The predicted octanol–water partition coefficient (Wildman–Crippen LogP) is 5.43. The van der Waals surface area contributed by atoms with Crippen LogP contribution in [-0.4, -0.2) is 24.7 Å². The van der Waals surface area contributed by atoms with Crippen LogP contribution >= 0.6 is 0 Å². The second kappa shape index (κ2) is 9.56. The van der Waals surface area contributed by atoms with E-state index in [0.29, 0.717) is 16.8 Å². The number of ether oxygens (including phenoxy) is 1. The molecule has 1 atom stereocenters. The van der Waals surface area contributed by atoms with Gasteiger partial charge < -0.3 is 4.74 Å². The van der Waals surface area contributed by atoms with Crippen LogP contribution in [0, 0.1) is 0 Å². The maximum Gasteiger partial charge on any atom is 0.337 e. The fourth-order valence-electron chi connectivity index (χ4n) is 3.62. The molecule has 2 aromatic carbocycles. The second-order valence-electron chi connectivity index (χ2n) is 7.61. The van der Waals surface area contributed by atoms with E-state index in [1.54, 1.807) is 6.07 Å². The molecule has 1 aliphatic rings. The molecule has 1 heterocycles. The number of nitrogens with zero attached hydrogens (tertiary/aromatic N) is 2. The molecule has 160 valence electrons. The fraction of sp³-hybridized carbons (Fsp3) is 0.269. The second-order valence-corrected chi connectivity index (χ2v) is 7.61. The highest BCUT2D eigenvalue weighted by molar-refractivity contribution is 6.29. The first-order valence-electron chi connectivity index (χ1n) is 10.4. The number of amides is 1. The Balaban J connectivity index is 1.88. The summed E-state index contributed by atoms with van der Waals surface area (Å²) >= 11 is 0. The van der Waals surface area contributed by atoms with Crippen molar-refractivity contribution in [2.45, 2.75) is 40.0 Å². The van der Waals surface area contributed by atoms with Crippen molar-refractivity contribution < 1.29 is 14.3 Å². The van der Waals surface area contributed by atoms with Crippen LogP contribution in [-0.2, 0) is 16.0 Å². The molecule has 0 radical (unpaired) electrons. The Labute approximate surface area is 183 Å². The zero-order valence-electron chi connectivity index (χ0n) is 18.7. The lowest BCUT2D eigenvalue weighted by Gasteiger charge is -2.18. The van der Waals surface area contributed by atoms with E-state index in [1.165, 1.54) is 17.7 Å². The lowest BCUT2D eigenvalue weighted by Crippen LogP contribution is -2.21. The van der Waals surface area contributed by atoms with Crippen LogP contribution in [0.2, 0.25) is 0 Å². The van der Waals surface area contributed by atoms with E-state index in [2.05, 4.69) is 18.9 Å². The van der Waals surface area contributed by atoms with Gasteiger partial charge in [-0.15, -0.1) is 0 Å². The zero-order chi connectivity index (χ0) is 22.5. The van der Waals surface area contributed by atoms with Gasteiger partial charge in [0.2, 0.25) is 0 Å². The molecule has 0 saturated carbocycles. The molecule has 0 fully saturated rings. The molecule has 0 spiro atoms. The maximum absolute atomic E-state index is 12.9. The summed E-state index contributed by atoms with van der Waals surface area (Å²) in [5, 5.41) is 5.85. The topological polar surface area (TPSA) is 59.0 Å². The minimum atomic E-state index is -0.343. The van der Waals surface area contributed by atoms with E-state index < -0.39 is 0 Å². The number of allylic oxidation sites excluding steroid dienone is 3. The summed E-state index contributed by atoms with van der Waals surface area (Å²) in [6.07, 6.45) is 4.67. The third-order valence-electron chi connectivity index (χ3n) is 5.67. The smallest absolute Gasteiger partial charge is 0.337 e. The van der Waals surface area contributed by atoms with Crippen LogP contribution in [0.1, 0.15) is 55.1 Å². The Kier molecular flexibility index (Phi) is 6.85. The van der Waals surface area contributed by atoms with Gasteiger partial charge in [0, 0.05) is 5.92 Å². The van der Waals surface area contributed by atoms with Gasteiger partial charge in [0.25, 0.3) is 5.91 Å². The number of benzene rings is 2. The van der Waals surface area contributed by atoms with Crippen molar-refractivity contribution in [3.63, 3.8) is 0 Å². The van der Waals surface area contributed by atoms with Gasteiger partial charge >= 0.3 is 5.97 Å². The van der Waals surface area contributed by atoms with Crippen LogP contribution in [0.25, 0.3) is 0 Å². The fourth-order valence-corrected chi connectivity index (χ4v) is 3.62. The van der Waals surface area contributed by atoms with Gasteiger partial charge in [0.15, 0.2) is 0 Å². The van der Waals surface area contributed by atoms with Crippen molar-refractivity contribution in [1.29, 1.82) is 0 Å². The third-order valence-corrected chi connectivity index (χ3v) is 5.67. The minimum Gasteiger partial charge on any atom is -0.465 e. The van der Waals surface area contributed by atoms with Crippen molar-refractivity contribution in [2.24, 2.45) is 5.10 Å². The number of hydrogen-bond donors (Lipinski definition) is 0. The highest BCUT2D eigenvalue weighted by Crippen LogP contribution is 2.29. The molecule has 0 aromatic heterocycles. The van der Waals surface area contributed by atoms with Gasteiger partial charge in [0.1, 0.15) is 0 Å². The van der Waals surface area contributed by atoms with Crippen LogP contribution in [0.15, 0.2) is 76.9 Å². The maximum atomic E-state index is 12.9. The normalized spacial score (nSPS) is 16.5. The molecule has 5 heteroatoms. The summed E-state index contributed by atoms with van der Waals surface area (Å²) in [5.74, 6) is -0.401. The first-order valence-corrected chi connectivity index (χ1v) is 10.4. The first-order chi connectivity index (χ1) is 14.9. The molecule has 0 bridgehead atoms. The van der Waals surface area contributed by atoms with Crippen LogP contribution in [0.3, 0.4) is 0 Å². The number of hydrazone groups is 1. The van der Waals surface area contributed by atoms with Gasteiger partial charge in [-0.2, -0.15) is 10.1 Å². The molecule has 3 rings (SSSR count). The van der Waals surface area contributed by atoms with E-state index in [1.807, 2.05) is 68.5 Å². The van der Waals surface area contributed by atoms with Crippen LogP contribution in [0.5, 0.6) is 0 Å². The summed E-state index contributed by atoms with van der Waals surface area (Å²) in [4.78, 5) is 24.9. The van der Waals surface area contributed by atoms with Gasteiger partial charge in [-0.25, -0.2) is 4.79 Å². The van der Waals surface area contributed by atoms with E-state index in [4.69, 9.17) is 4.74 Å². The lowest BCUT2D eigenvalue weighted by atomic mass is 9.87. The summed E-state index contributed by atoms with van der Waals surface area (Å²) in [5.41, 5.74) is 5.92. The summed E-state index contributed by atoms with van der Waals surface area (Å²) in [6, 6.07) is 15.1. The Morgan fingerprint density at radius 3 is 2.55 bits per heavy atom. The van der Waals surface area contributed by atoms with Crippen molar-refractivity contribution in [3.05, 3.63) is 88.5 Å². The van der Waals surface area contributed by atoms with Gasteiger partial charge in [-0.1, -0.05) is 49.8 Å². The van der Waals surface area contributed by atoms with Gasteiger partial charge in [-0.05, 0) is 61.7 Å². The highest BCUT2D eigenvalue weighted by Gasteiger charge is 2.28. The minimum absolute atomic E-state index is 0.0791. The number of aryl methyl sites for hydroxylation is 1. The number of carbonyl (C=O) groups is 2. The number of anilines is 1. The van der Waals surface area contributed by atoms with Crippen molar-refractivity contribution in [1.82, 2.24) is 0 Å². The lowest BCUT2D eigenvalue weighted by molar-refractivity contribution is -0.114. The van der Waals surface area contributed by atoms with Gasteiger partial charge in [-0.3, -0.25) is 4.79 Å². The molecule has 1 unspecified atom stereocenters. The average molecular weight is 417 g/mol. The molecule has 0 aliphatic carbocycles. The predicted molar refractivity (Wildman–Crippen MR) is 124 cm³/mol. The van der Waals surface area contributed by atoms with Crippen LogP contribution in [0.4, 0.5) is 5.69 Å². The molecule has 1 amide bonds. The van der Waals surface area contributed by atoms with E-state index in [9.17, 15) is 9.59 Å². The molecule has 2 aromatic rings. The van der Waals surface area contributed by atoms with Crippen molar-refractivity contribution in [3.8, 4) is 0 Å². The van der Waals surface area contributed by atoms with Crippen molar-refractivity contribution >= 4 is 23.3 Å². The third kappa shape index (κ3) is 4.66. The molecular formula is C26H28N2O3. The molecule has 0 saturated heterocycles. The Bertz CT molecular complexity index is 1080. The van der Waals surface area contributed by atoms with Crippen molar-refractivity contribution in [2.75, 3.05) is 12.1 Å². The van der Waals surface area contributed by atoms with E-state index >= 15 is 0 Å². The number of carbonyl (C=O) groups excluding carboxylic acids is 2. The summed E-state index contributed by atoms with van der Waals surface area (Å²) in [6.45, 7) is 8.08. The number of rotatable bonds is 6. The first kappa shape index (κ1) is 22.2. The number of hydrogen-bond acceptors (Lipinski definition) is 4.